The molecule has 2 unspecified atom stereocenters. The van der Waals surface area contributed by atoms with Crippen molar-refractivity contribution in [3.63, 3.8) is 0 Å². The zero-order valence-electron chi connectivity index (χ0n) is 13.4. The molecule has 0 saturated heterocycles. The van der Waals surface area contributed by atoms with E-state index in [0.29, 0.717) is 11.8 Å². The van der Waals surface area contributed by atoms with Crippen molar-refractivity contribution in [3.05, 3.63) is 34.3 Å². The number of hydrogen-bond acceptors (Lipinski definition) is 2. The number of rotatable bonds is 7. The summed E-state index contributed by atoms with van der Waals surface area (Å²) in [5, 5.41) is 0. The zero-order chi connectivity index (χ0) is 15.3. The van der Waals surface area contributed by atoms with Crippen LogP contribution in [0.3, 0.4) is 0 Å². The van der Waals surface area contributed by atoms with Crippen molar-refractivity contribution in [2.75, 3.05) is 13.1 Å². The Hall–Kier alpha value is -0.380. The molecule has 0 saturated carbocycles. The average Bonchev–Trinajstić information content (AvgIpc) is 2.26. The van der Waals surface area contributed by atoms with Crippen LogP contribution in [0.1, 0.15) is 46.2 Å². The van der Waals surface area contributed by atoms with Crippen molar-refractivity contribution in [1.82, 2.24) is 4.90 Å². The standard InChI is InChI=1S/C17H29BrN2/c1-12(2)10-20(11-13(3)4)17(14(5)19)15-7-6-8-16(18)9-15/h6-9,12-14,17H,10-11,19H2,1-5H3. The molecule has 2 N–H and O–H groups in total. The van der Waals surface area contributed by atoms with Crippen LogP contribution in [-0.2, 0) is 0 Å². The van der Waals surface area contributed by atoms with Gasteiger partial charge in [-0.3, -0.25) is 4.90 Å². The van der Waals surface area contributed by atoms with Gasteiger partial charge in [-0.1, -0.05) is 55.8 Å². The summed E-state index contributed by atoms with van der Waals surface area (Å²) in [6.45, 7) is 13.4. The highest BCUT2D eigenvalue weighted by atomic mass is 79.9. The van der Waals surface area contributed by atoms with E-state index < -0.39 is 0 Å². The maximum absolute atomic E-state index is 6.31. The summed E-state index contributed by atoms with van der Waals surface area (Å²) in [4.78, 5) is 2.54. The molecule has 114 valence electrons. The van der Waals surface area contributed by atoms with Gasteiger partial charge in [-0.25, -0.2) is 0 Å². The molecular weight excluding hydrogens is 312 g/mol. The Morgan fingerprint density at radius 1 is 1.05 bits per heavy atom. The Bertz CT molecular complexity index is 392. The van der Waals surface area contributed by atoms with Crippen LogP contribution in [0.2, 0.25) is 0 Å². The predicted molar refractivity (Wildman–Crippen MR) is 91.8 cm³/mol. The maximum atomic E-state index is 6.31. The second-order valence-corrected chi connectivity index (χ2v) is 7.52. The van der Waals surface area contributed by atoms with E-state index in [1.54, 1.807) is 0 Å². The molecule has 2 atom stereocenters. The molecule has 2 nitrogen and oxygen atoms in total. The smallest absolute Gasteiger partial charge is 0.0497 e. The van der Waals surface area contributed by atoms with E-state index in [4.69, 9.17) is 5.73 Å². The van der Waals surface area contributed by atoms with E-state index in [0.717, 1.165) is 17.6 Å². The molecule has 20 heavy (non-hydrogen) atoms. The largest absolute Gasteiger partial charge is 0.326 e. The molecule has 0 spiro atoms. The topological polar surface area (TPSA) is 29.3 Å². The molecule has 0 amide bonds. The van der Waals surface area contributed by atoms with Gasteiger partial charge in [0.2, 0.25) is 0 Å². The van der Waals surface area contributed by atoms with Crippen molar-refractivity contribution in [3.8, 4) is 0 Å². The number of benzene rings is 1. The van der Waals surface area contributed by atoms with Crippen molar-refractivity contribution >= 4 is 15.9 Å². The van der Waals surface area contributed by atoms with Crippen LogP contribution in [-0.4, -0.2) is 24.0 Å². The fraction of sp³-hybridized carbons (Fsp3) is 0.647. The van der Waals surface area contributed by atoms with Gasteiger partial charge in [0.15, 0.2) is 0 Å². The van der Waals surface area contributed by atoms with E-state index in [1.807, 2.05) is 0 Å². The van der Waals surface area contributed by atoms with Gasteiger partial charge in [0.05, 0.1) is 0 Å². The van der Waals surface area contributed by atoms with Gasteiger partial charge in [-0.05, 0) is 36.5 Å². The Labute approximate surface area is 132 Å². The molecule has 0 heterocycles. The number of halogens is 1. The van der Waals surface area contributed by atoms with Crippen LogP contribution in [0.15, 0.2) is 28.7 Å². The van der Waals surface area contributed by atoms with Gasteiger partial charge in [0.1, 0.15) is 0 Å². The highest BCUT2D eigenvalue weighted by Gasteiger charge is 2.25. The molecule has 0 aromatic heterocycles. The lowest BCUT2D eigenvalue weighted by molar-refractivity contribution is 0.140. The molecule has 0 aliphatic rings. The van der Waals surface area contributed by atoms with E-state index in [2.05, 4.69) is 79.7 Å². The van der Waals surface area contributed by atoms with Crippen LogP contribution in [0, 0.1) is 11.8 Å². The number of nitrogens with two attached hydrogens (primary N) is 1. The van der Waals surface area contributed by atoms with Crippen molar-refractivity contribution < 1.29 is 0 Å². The number of hydrogen-bond donors (Lipinski definition) is 1. The first kappa shape index (κ1) is 17.7. The molecule has 0 fully saturated rings. The van der Waals surface area contributed by atoms with Crippen LogP contribution in [0.4, 0.5) is 0 Å². The SMILES string of the molecule is CC(C)CN(CC(C)C)C(c1cccc(Br)c1)C(C)N. The predicted octanol–water partition coefficient (Wildman–Crippen LogP) is 4.45. The second-order valence-electron chi connectivity index (χ2n) is 6.60. The molecule has 3 heteroatoms. The minimum Gasteiger partial charge on any atom is -0.326 e. The lowest BCUT2D eigenvalue weighted by Crippen LogP contribution is -2.43. The summed E-state index contributed by atoms with van der Waals surface area (Å²) in [5.41, 5.74) is 7.62. The van der Waals surface area contributed by atoms with Crippen molar-refractivity contribution in [2.24, 2.45) is 17.6 Å². The minimum atomic E-state index is 0.113. The summed E-state index contributed by atoms with van der Waals surface area (Å²) in [6.07, 6.45) is 0. The average molecular weight is 341 g/mol. The molecule has 1 rings (SSSR count). The van der Waals surface area contributed by atoms with Gasteiger partial charge in [-0.15, -0.1) is 0 Å². The lowest BCUT2D eigenvalue weighted by Gasteiger charge is -2.37. The molecular formula is C17H29BrN2. The Morgan fingerprint density at radius 2 is 1.60 bits per heavy atom. The van der Waals surface area contributed by atoms with Gasteiger partial charge in [0, 0.05) is 29.6 Å². The molecule has 1 aromatic carbocycles. The highest BCUT2D eigenvalue weighted by molar-refractivity contribution is 9.10. The highest BCUT2D eigenvalue weighted by Crippen LogP contribution is 2.27. The second kappa shape index (κ2) is 8.16. The van der Waals surface area contributed by atoms with Gasteiger partial charge in [-0.2, -0.15) is 0 Å². The first-order valence-electron chi connectivity index (χ1n) is 7.56. The summed E-state index contributed by atoms with van der Waals surface area (Å²) in [5.74, 6) is 1.28. The lowest BCUT2D eigenvalue weighted by atomic mass is 9.97. The van der Waals surface area contributed by atoms with Crippen LogP contribution in [0.5, 0.6) is 0 Å². The Balaban J connectivity index is 3.06. The van der Waals surface area contributed by atoms with Crippen LogP contribution >= 0.6 is 15.9 Å². The summed E-state index contributed by atoms with van der Waals surface area (Å²) >= 11 is 3.57. The molecule has 0 aliphatic heterocycles. The number of nitrogens with zero attached hydrogens (tertiary/aromatic N) is 1. The van der Waals surface area contributed by atoms with E-state index in [-0.39, 0.29) is 12.1 Å². The molecule has 0 radical (unpaired) electrons. The Morgan fingerprint density at radius 3 is 2.00 bits per heavy atom. The molecule has 0 aliphatic carbocycles. The Kier molecular flexibility index (Phi) is 7.21. The molecule has 1 aromatic rings. The summed E-state index contributed by atoms with van der Waals surface area (Å²) in [7, 11) is 0. The first-order chi connectivity index (χ1) is 9.31. The first-order valence-corrected chi connectivity index (χ1v) is 8.35. The third-order valence-electron chi connectivity index (χ3n) is 3.28. The molecule has 0 bridgehead atoms. The van der Waals surface area contributed by atoms with Gasteiger partial charge in [0.25, 0.3) is 0 Å². The maximum Gasteiger partial charge on any atom is 0.0497 e. The minimum absolute atomic E-state index is 0.113. The third-order valence-corrected chi connectivity index (χ3v) is 3.77. The monoisotopic (exact) mass is 340 g/mol. The zero-order valence-corrected chi connectivity index (χ0v) is 15.0. The normalized spacial score (nSPS) is 15.1. The van der Waals surface area contributed by atoms with E-state index in [9.17, 15) is 0 Å². The fourth-order valence-electron chi connectivity index (χ4n) is 2.78. The summed E-state index contributed by atoms with van der Waals surface area (Å²) < 4.78 is 1.12. The van der Waals surface area contributed by atoms with Crippen molar-refractivity contribution in [2.45, 2.75) is 46.7 Å². The van der Waals surface area contributed by atoms with Crippen LogP contribution < -0.4 is 5.73 Å². The van der Waals surface area contributed by atoms with E-state index >= 15 is 0 Å². The third kappa shape index (κ3) is 5.55. The van der Waals surface area contributed by atoms with Crippen molar-refractivity contribution in [1.29, 1.82) is 0 Å². The fourth-order valence-corrected chi connectivity index (χ4v) is 3.19. The van der Waals surface area contributed by atoms with E-state index in [1.165, 1.54) is 5.56 Å². The van der Waals surface area contributed by atoms with Gasteiger partial charge >= 0.3 is 0 Å². The summed E-state index contributed by atoms with van der Waals surface area (Å²) in [6, 6.07) is 8.93. The quantitative estimate of drug-likeness (QED) is 0.794. The van der Waals surface area contributed by atoms with Crippen LogP contribution in [0.25, 0.3) is 0 Å². The van der Waals surface area contributed by atoms with Gasteiger partial charge < -0.3 is 5.73 Å².